The monoisotopic (exact) mass is 346 g/mol. The maximum Gasteiger partial charge on any atom is 0.317 e. The fraction of sp³-hybridized carbons (Fsp3) is 0.579. The van der Waals surface area contributed by atoms with Crippen LogP contribution in [0.15, 0.2) is 18.2 Å². The zero-order valence-corrected chi connectivity index (χ0v) is 14.9. The van der Waals surface area contributed by atoms with Gasteiger partial charge in [-0.15, -0.1) is 0 Å². The second-order valence-corrected chi connectivity index (χ2v) is 7.22. The minimum Gasteiger partial charge on any atom is -0.496 e. The van der Waals surface area contributed by atoms with Gasteiger partial charge in [0.1, 0.15) is 5.75 Å². The number of carbonyl (C=O) groups is 2. The summed E-state index contributed by atoms with van der Waals surface area (Å²) in [6, 6.07) is 5.87. The van der Waals surface area contributed by atoms with Crippen molar-refractivity contribution >= 4 is 12.0 Å². The van der Waals surface area contributed by atoms with Crippen molar-refractivity contribution in [2.75, 3.05) is 26.7 Å². The molecule has 25 heavy (non-hydrogen) atoms. The summed E-state index contributed by atoms with van der Waals surface area (Å²) in [5, 5.41) is 12.5. The third-order valence-electron chi connectivity index (χ3n) is 5.75. The molecule has 1 aromatic rings. The summed E-state index contributed by atoms with van der Waals surface area (Å²) < 4.78 is 5.32. The van der Waals surface area contributed by atoms with E-state index in [-0.39, 0.29) is 11.9 Å². The van der Waals surface area contributed by atoms with Crippen LogP contribution in [0.4, 0.5) is 4.79 Å². The van der Waals surface area contributed by atoms with Gasteiger partial charge < -0.3 is 20.1 Å². The van der Waals surface area contributed by atoms with Crippen LogP contribution in [0, 0.1) is 18.3 Å². The molecule has 2 fully saturated rings. The number of ether oxygens (including phenoxy) is 1. The molecule has 3 rings (SSSR count). The molecular formula is C19H26N2O4. The smallest absolute Gasteiger partial charge is 0.317 e. The molecule has 1 saturated heterocycles. The van der Waals surface area contributed by atoms with Crippen molar-refractivity contribution in [3.63, 3.8) is 0 Å². The number of fused-ring (bicyclic) bond motifs is 1. The standard InChI is InChI=1S/C19H26N2O4/c1-13-5-6-14(10-16(13)25-2)7-9-20-18(24)21-11-15-4-3-8-19(15,12-21)17(22)23/h5-6,10,15H,3-4,7-9,11-12H2,1-2H3,(H,20,24)(H,22,23)/t15-,19+/m0/s1. The number of carbonyl (C=O) groups excluding carboxylic acids is 1. The van der Waals surface area contributed by atoms with E-state index in [0.29, 0.717) is 32.5 Å². The number of carboxylic acid groups (broad SMARTS) is 1. The van der Waals surface area contributed by atoms with Crippen molar-refractivity contribution in [1.82, 2.24) is 10.2 Å². The van der Waals surface area contributed by atoms with Crippen LogP contribution in [0.2, 0.25) is 0 Å². The van der Waals surface area contributed by atoms with Gasteiger partial charge in [-0.05, 0) is 49.3 Å². The van der Waals surface area contributed by atoms with Gasteiger partial charge in [0, 0.05) is 19.6 Å². The quantitative estimate of drug-likeness (QED) is 0.858. The number of benzene rings is 1. The summed E-state index contributed by atoms with van der Waals surface area (Å²) in [5.41, 5.74) is 1.46. The maximum absolute atomic E-state index is 12.4. The van der Waals surface area contributed by atoms with Crippen LogP contribution in [0.5, 0.6) is 5.75 Å². The molecule has 1 saturated carbocycles. The molecule has 6 heteroatoms. The van der Waals surface area contributed by atoms with Crippen LogP contribution in [0.25, 0.3) is 0 Å². The minimum atomic E-state index is -0.753. The van der Waals surface area contributed by atoms with Gasteiger partial charge in [0.05, 0.1) is 12.5 Å². The van der Waals surface area contributed by atoms with Crippen molar-refractivity contribution < 1.29 is 19.4 Å². The lowest BCUT2D eigenvalue weighted by Gasteiger charge is -2.23. The highest BCUT2D eigenvalue weighted by molar-refractivity contribution is 5.80. The van der Waals surface area contributed by atoms with Gasteiger partial charge in [0.15, 0.2) is 0 Å². The lowest BCUT2D eigenvalue weighted by Crippen LogP contribution is -2.42. The summed E-state index contributed by atoms with van der Waals surface area (Å²) in [4.78, 5) is 25.8. The van der Waals surface area contributed by atoms with E-state index in [1.165, 1.54) is 0 Å². The number of hydrogen-bond acceptors (Lipinski definition) is 3. The summed E-state index contributed by atoms with van der Waals surface area (Å²) in [5.74, 6) is 0.189. The summed E-state index contributed by atoms with van der Waals surface area (Å²) in [6.07, 6.45) is 3.24. The van der Waals surface area contributed by atoms with Crippen LogP contribution < -0.4 is 10.1 Å². The largest absolute Gasteiger partial charge is 0.496 e. The molecule has 1 aliphatic carbocycles. The Morgan fingerprint density at radius 1 is 1.44 bits per heavy atom. The Kier molecular flexibility index (Phi) is 4.88. The molecule has 1 heterocycles. The Hall–Kier alpha value is -2.24. The van der Waals surface area contributed by atoms with E-state index in [1.54, 1.807) is 12.0 Å². The van der Waals surface area contributed by atoms with Crippen LogP contribution in [0.1, 0.15) is 30.4 Å². The van der Waals surface area contributed by atoms with E-state index in [9.17, 15) is 14.7 Å². The lowest BCUT2D eigenvalue weighted by molar-refractivity contribution is -0.149. The number of carboxylic acids is 1. The van der Waals surface area contributed by atoms with Crippen molar-refractivity contribution in [3.8, 4) is 5.75 Å². The molecule has 2 N–H and O–H groups in total. The van der Waals surface area contributed by atoms with E-state index in [2.05, 4.69) is 5.32 Å². The van der Waals surface area contributed by atoms with E-state index in [0.717, 1.165) is 29.7 Å². The average Bonchev–Trinajstić information content (AvgIpc) is 3.14. The predicted octanol–water partition coefficient (Wildman–Crippen LogP) is 2.44. The second-order valence-electron chi connectivity index (χ2n) is 7.22. The van der Waals surface area contributed by atoms with Crippen LogP contribution in [-0.4, -0.2) is 48.8 Å². The zero-order chi connectivity index (χ0) is 18.0. The Labute approximate surface area is 148 Å². The highest BCUT2D eigenvalue weighted by Crippen LogP contribution is 2.48. The fourth-order valence-corrected chi connectivity index (χ4v) is 4.24. The first-order valence-corrected chi connectivity index (χ1v) is 8.86. The highest BCUT2D eigenvalue weighted by atomic mass is 16.5. The van der Waals surface area contributed by atoms with Crippen molar-refractivity contribution in [1.29, 1.82) is 0 Å². The second kappa shape index (κ2) is 6.94. The molecule has 1 aliphatic heterocycles. The van der Waals surface area contributed by atoms with E-state index in [4.69, 9.17) is 4.74 Å². The Balaban J connectivity index is 1.53. The van der Waals surface area contributed by atoms with Gasteiger partial charge in [-0.3, -0.25) is 4.79 Å². The summed E-state index contributed by atoms with van der Waals surface area (Å²) in [7, 11) is 1.65. The highest BCUT2D eigenvalue weighted by Gasteiger charge is 2.55. The molecule has 136 valence electrons. The van der Waals surface area contributed by atoms with Gasteiger partial charge in [0.2, 0.25) is 0 Å². The number of rotatable bonds is 5. The fourth-order valence-electron chi connectivity index (χ4n) is 4.24. The molecule has 2 aliphatic rings. The SMILES string of the molecule is COc1cc(CCNC(=O)N2C[C@@H]3CCC[C@@]3(C(=O)O)C2)ccc1C. The maximum atomic E-state index is 12.4. The number of nitrogens with one attached hydrogen (secondary N) is 1. The number of urea groups is 1. The zero-order valence-electron chi connectivity index (χ0n) is 14.9. The van der Waals surface area contributed by atoms with Crippen molar-refractivity contribution in [3.05, 3.63) is 29.3 Å². The molecule has 6 nitrogen and oxygen atoms in total. The summed E-state index contributed by atoms with van der Waals surface area (Å²) in [6.45, 7) is 3.40. The predicted molar refractivity (Wildman–Crippen MR) is 93.8 cm³/mol. The Morgan fingerprint density at radius 2 is 2.24 bits per heavy atom. The van der Waals surface area contributed by atoms with Gasteiger partial charge in [-0.2, -0.15) is 0 Å². The van der Waals surface area contributed by atoms with E-state index < -0.39 is 11.4 Å². The molecule has 0 unspecified atom stereocenters. The number of likely N-dealkylation sites (tertiary alicyclic amines) is 1. The molecule has 2 atom stereocenters. The molecule has 0 spiro atoms. The number of aryl methyl sites for hydroxylation is 1. The lowest BCUT2D eigenvalue weighted by atomic mass is 9.81. The summed E-state index contributed by atoms with van der Waals surface area (Å²) >= 11 is 0. The third kappa shape index (κ3) is 3.30. The first kappa shape index (κ1) is 17.6. The number of methoxy groups -OCH3 is 1. The van der Waals surface area contributed by atoms with Gasteiger partial charge >= 0.3 is 12.0 Å². The normalized spacial score (nSPS) is 24.9. The molecule has 0 radical (unpaired) electrons. The van der Waals surface area contributed by atoms with Gasteiger partial charge in [-0.1, -0.05) is 18.6 Å². The first-order valence-electron chi connectivity index (χ1n) is 8.86. The molecule has 1 aromatic carbocycles. The van der Waals surface area contributed by atoms with E-state index in [1.807, 2.05) is 25.1 Å². The van der Waals surface area contributed by atoms with Gasteiger partial charge in [0.25, 0.3) is 0 Å². The molecule has 0 aromatic heterocycles. The Morgan fingerprint density at radius 3 is 2.92 bits per heavy atom. The first-order chi connectivity index (χ1) is 12.0. The third-order valence-corrected chi connectivity index (χ3v) is 5.75. The van der Waals surface area contributed by atoms with Crippen LogP contribution in [0.3, 0.4) is 0 Å². The number of amides is 2. The molecule has 2 amide bonds. The number of aliphatic carboxylic acids is 1. The molecular weight excluding hydrogens is 320 g/mol. The van der Waals surface area contributed by atoms with Crippen molar-refractivity contribution in [2.24, 2.45) is 11.3 Å². The molecule has 0 bridgehead atoms. The van der Waals surface area contributed by atoms with Crippen LogP contribution >= 0.6 is 0 Å². The topological polar surface area (TPSA) is 78.9 Å². The number of nitrogens with zero attached hydrogens (tertiary/aromatic N) is 1. The minimum absolute atomic E-state index is 0.0945. The number of hydrogen-bond donors (Lipinski definition) is 2. The van der Waals surface area contributed by atoms with E-state index >= 15 is 0 Å². The van der Waals surface area contributed by atoms with Crippen molar-refractivity contribution in [2.45, 2.75) is 32.6 Å². The Bertz CT molecular complexity index is 675. The van der Waals surface area contributed by atoms with Gasteiger partial charge in [-0.25, -0.2) is 4.79 Å². The van der Waals surface area contributed by atoms with Crippen LogP contribution in [-0.2, 0) is 11.2 Å². The average molecular weight is 346 g/mol.